The highest BCUT2D eigenvalue weighted by Gasteiger charge is 2.60. The standard InChI is InChI=1S/C23H36NO15P/c1-12(25)24-19-17(36-14(3)27)9-23(22(30)32-6,11-40(31,33-7)34-8)39-21(19)20(38-16(5)29)18(37-15(4)28)10-35-13(2)26/h17-21H,9-11H2,1-8H3,(H,24,25)/t17-,18+,19+,20+,21+,23+/m0/s1. The van der Waals surface area contributed by atoms with Crippen molar-refractivity contribution in [2.75, 3.05) is 34.1 Å². The number of methoxy groups -OCH3 is 1. The highest BCUT2D eigenvalue weighted by Crippen LogP contribution is 2.52. The SMILES string of the molecule is COC(=O)[C@]1(CP(=O)(OC)OC)C[C@H](OC(C)=O)[C@@H](NC(C)=O)[C@H]([C@H](OC(C)=O)[C@@H](COC(C)=O)OC(C)=O)O1. The molecule has 1 amide bonds. The molecule has 0 radical (unpaired) electrons. The van der Waals surface area contributed by atoms with Gasteiger partial charge in [0.2, 0.25) is 5.91 Å². The summed E-state index contributed by atoms with van der Waals surface area (Å²) < 4.78 is 55.4. The predicted octanol–water partition coefficient (Wildman–Crippen LogP) is 0.0359. The van der Waals surface area contributed by atoms with Crippen LogP contribution in [-0.2, 0) is 70.8 Å². The Morgan fingerprint density at radius 2 is 1.48 bits per heavy atom. The Morgan fingerprint density at radius 3 is 1.90 bits per heavy atom. The van der Waals surface area contributed by atoms with Gasteiger partial charge in [0.05, 0.1) is 19.3 Å². The zero-order chi connectivity index (χ0) is 30.8. The molecule has 1 fully saturated rings. The maximum absolute atomic E-state index is 13.2. The molecule has 1 heterocycles. The third-order valence-electron chi connectivity index (χ3n) is 5.66. The van der Waals surface area contributed by atoms with Crippen molar-refractivity contribution in [2.45, 2.75) is 77.1 Å². The zero-order valence-corrected chi connectivity index (χ0v) is 24.5. The van der Waals surface area contributed by atoms with E-state index in [1.54, 1.807) is 0 Å². The van der Waals surface area contributed by atoms with E-state index >= 15 is 0 Å². The summed E-state index contributed by atoms with van der Waals surface area (Å²) in [4.78, 5) is 73.3. The highest BCUT2D eigenvalue weighted by atomic mass is 31.2. The summed E-state index contributed by atoms with van der Waals surface area (Å²) in [6.07, 6.45) is -7.57. The monoisotopic (exact) mass is 597 g/mol. The van der Waals surface area contributed by atoms with E-state index in [1.807, 2.05) is 0 Å². The Hall–Kier alpha value is -3.07. The molecular weight excluding hydrogens is 561 g/mol. The van der Waals surface area contributed by atoms with Gasteiger partial charge in [-0.3, -0.25) is 28.5 Å². The molecule has 17 heteroatoms. The summed E-state index contributed by atoms with van der Waals surface area (Å²) in [5.74, 6) is -5.15. The van der Waals surface area contributed by atoms with Crippen molar-refractivity contribution < 1.29 is 70.8 Å². The number of rotatable bonds is 13. The Labute approximate surface area is 231 Å². The Morgan fingerprint density at radius 1 is 0.900 bits per heavy atom. The van der Waals surface area contributed by atoms with Crippen molar-refractivity contribution in [1.82, 2.24) is 5.32 Å². The molecule has 0 aliphatic carbocycles. The summed E-state index contributed by atoms with van der Waals surface area (Å²) in [6.45, 7) is 4.69. The predicted molar refractivity (Wildman–Crippen MR) is 132 cm³/mol. The molecular formula is C23H36NO15P. The molecule has 1 aliphatic rings. The van der Waals surface area contributed by atoms with Crippen molar-refractivity contribution in [3.8, 4) is 0 Å². The van der Waals surface area contributed by atoms with Crippen molar-refractivity contribution >= 4 is 43.3 Å². The minimum absolute atomic E-state index is 0.521. The number of amides is 1. The number of carbonyl (C=O) groups is 6. The fourth-order valence-electron chi connectivity index (χ4n) is 4.21. The van der Waals surface area contributed by atoms with Gasteiger partial charge in [-0.25, -0.2) is 4.79 Å². The Balaban J connectivity index is 3.95. The van der Waals surface area contributed by atoms with Crippen LogP contribution in [0.5, 0.6) is 0 Å². The van der Waals surface area contributed by atoms with E-state index in [4.69, 9.17) is 37.5 Å². The van der Waals surface area contributed by atoms with E-state index in [-0.39, 0.29) is 0 Å². The quantitative estimate of drug-likeness (QED) is 0.169. The fraction of sp³-hybridized carbons (Fsp3) is 0.739. The van der Waals surface area contributed by atoms with Crippen LogP contribution in [0.2, 0.25) is 0 Å². The van der Waals surface area contributed by atoms with Crippen LogP contribution in [-0.4, -0.2) is 106 Å². The summed E-state index contributed by atoms with van der Waals surface area (Å²) in [5.41, 5.74) is -2.24. The molecule has 0 aromatic carbocycles. The van der Waals surface area contributed by atoms with Crippen LogP contribution in [0.25, 0.3) is 0 Å². The van der Waals surface area contributed by atoms with Gasteiger partial charge in [0.25, 0.3) is 0 Å². The van der Waals surface area contributed by atoms with Gasteiger partial charge in [-0.05, 0) is 0 Å². The lowest BCUT2D eigenvalue weighted by molar-refractivity contribution is -0.238. The normalized spacial score (nSPS) is 24.1. The molecule has 228 valence electrons. The van der Waals surface area contributed by atoms with E-state index < -0.39 is 98.6 Å². The third kappa shape index (κ3) is 9.84. The smallest absolute Gasteiger partial charge is 0.338 e. The summed E-state index contributed by atoms with van der Waals surface area (Å²) in [6, 6.07) is -1.34. The van der Waals surface area contributed by atoms with Crippen LogP contribution >= 0.6 is 7.60 Å². The fourth-order valence-corrected chi connectivity index (χ4v) is 5.58. The summed E-state index contributed by atoms with van der Waals surface area (Å²) >= 11 is 0. The maximum Gasteiger partial charge on any atom is 0.338 e. The van der Waals surface area contributed by atoms with E-state index in [1.165, 1.54) is 0 Å². The first-order valence-corrected chi connectivity index (χ1v) is 13.6. The number of hydrogen-bond donors (Lipinski definition) is 1. The molecule has 0 spiro atoms. The van der Waals surface area contributed by atoms with Gasteiger partial charge in [0.15, 0.2) is 17.8 Å². The molecule has 6 atom stereocenters. The van der Waals surface area contributed by atoms with Crippen LogP contribution < -0.4 is 5.32 Å². The van der Waals surface area contributed by atoms with E-state index in [2.05, 4.69) is 5.32 Å². The van der Waals surface area contributed by atoms with E-state index in [0.29, 0.717) is 0 Å². The van der Waals surface area contributed by atoms with Crippen LogP contribution in [0.3, 0.4) is 0 Å². The van der Waals surface area contributed by atoms with Crippen molar-refractivity contribution in [3.05, 3.63) is 0 Å². The van der Waals surface area contributed by atoms with Gasteiger partial charge in [-0.1, -0.05) is 0 Å². The minimum atomic E-state index is -4.06. The second-order valence-electron chi connectivity index (χ2n) is 8.81. The number of nitrogens with one attached hydrogen (secondary N) is 1. The average Bonchev–Trinajstić information content (AvgIpc) is 2.85. The molecule has 0 bridgehead atoms. The third-order valence-corrected chi connectivity index (χ3v) is 7.67. The number of carbonyl (C=O) groups excluding carboxylic acids is 6. The van der Waals surface area contributed by atoms with Crippen molar-refractivity contribution in [2.24, 2.45) is 0 Å². The van der Waals surface area contributed by atoms with Gasteiger partial charge in [0.1, 0.15) is 18.8 Å². The minimum Gasteiger partial charge on any atom is -0.467 e. The van der Waals surface area contributed by atoms with Crippen LogP contribution in [0.1, 0.15) is 41.0 Å². The summed E-state index contributed by atoms with van der Waals surface area (Å²) in [7, 11) is -0.917. The lowest BCUT2D eigenvalue weighted by atomic mass is 9.84. The maximum atomic E-state index is 13.2. The van der Waals surface area contributed by atoms with Crippen LogP contribution in [0, 0.1) is 0 Å². The Bertz CT molecular complexity index is 1010. The van der Waals surface area contributed by atoms with Crippen LogP contribution in [0.15, 0.2) is 0 Å². The van der Waals surface area contributed by atoms with Gasteiger partial charge < -0.3 is 42.8 Å². The highest BCUT2D eigenvalue weighted by molar-refractivity contribution is 7.54. The second kappa shape index (κ2) is 15.1. The largest absolute Gasteiger partial charge is 0.467 e. The Kier molecular flexibility index (Phi) is 13.2. The van der Waals surface area contributed by atoms with E-state index in [0.717, 1.165) is 55.9 Å². The molecule has 0 aromatic rings. The van der Waals surface area contributed by atoms with Gasteiger partial charge in [0, 0.05) is 55.3 Å². The number of esters is 5. The molecule has 0 saturated carbocycles. The molecule has 0 unspecified atom stereocenters. The van der Waals surface area contributed by atoms with Gasteiger partial charge >= 0.3 is 37.4 Å². The van der Waals surface area contributed by atoms with Crippen molar-refractivity contribution in [1.29, 1.82) is 0 Å². The molecule has 16 nitrogen and oxygen atoms in total. The van der Waals surface area contributed by atoms with Crippen molar-refractivity contribution in [3.63, 3.8) is 0 Å². The first kappa shape index (κ1) is 35.0. The van der Waals surface area contributed by atoms with E-state index in [9.17, 15) is 33.3 Å². The number of hydrogen-bond acceptors (Lipinski definition) is 15. The first-order valence-electron chi connectivity index (χ1n) is 11.9. The number of ether oxygens (including phenoxy) is 6. The molecule has 0 aromatic heterocycles. The molecule has 1 rings (SSSR count). The topological polar surface area (TPSA) is 205 Å². The second-order valence-corrected chi connectivity index (χ2v) is 11.1. The first-order chi connectivity index (χ1) is 18.5. The molecule has 1 aliphatic heterocycles. The molecule has 1 N–H and O–H groups in total. The average molecular weight is 598 g/mol. The zero-order valence-electron chi connectivity index (χ0n) is 23.6. The molecule has 40 heavy (non-hydrogen) atoms. The van der Waals surface area contributed by atoms with Gasteiger partial charge in [-0.15, -0.1) is 0 Å². The lowest BCUT2D eigenvalue weighted by Crippen LogP contribution is -2.69. The van der Waals surface area contributed by atoms with Gasteiger partial charge in [-0.2, -0.15) is 0 Å². The van der Waals surface area contributed by atoms with Crippen LogP contribution in [0.4, 0.5) is 0 Å². The lowest BCUT2D eigenvalue weighted by Gasteiger charge is -2.49. The molecule has 1 saturated heterocycles. The summed E-state index contributed by atoms with van der Waals surface area (Å²) in [5, 5.41) is 2.54.